The molecule has 12 heavy (non-hydrogen) atoms. The van der Waals surface area contributed by atoms with Crippen LogP contribution in [0.2, 0.25) is 0 Å². The SMILES string of the molecule is CC(C)C(Br)c1cc(Br)c(Br)s1. The zero-order valence-corrected chi connectivity index (χ0v) is 12.3. The molecule has 1 heterocycles. The van der Waals surface area contributed by atoms with Crippen molar-refractivity contribution in [1.29, 1.82) is 0 Å². The van der Waals surface area contributed by atoms with Crippen LogP contribution in [0.5, 0.6) is 0 Å². The van der Waals surface area contributed by atoms with Gasteiger partial charge in [0.25, 0.3) is 0 Å². The highest BCUT2D eigenvalue weighted by Crippen LogP contribution is 2.41. The minimum absolute atomic E-state index is 0.463. The first kappa shape index (κ1) is 11.2. The Hall–Kier alpha value is 1.14. The number of rotatable bonds is 2. The van der Waals surface area contributed by atoms with Crippen LogP contribution in [0.1, 0.15) is 23.6 Å². The summed E-state index contributed by atoms with van der Waals surface area (Å²) < 4.78 is 2.32. The summed E-state index contributed by atoms with van der Waals surface area (Å²) in [6.45, 7) is 4.42. The fourth-order valence-corrected chi connectivity index (χ4v) is 3.48. The van der Waals surface area contributed by atoms with Crippen molar-refractivity contribution in [3.63, 3.8) is 0 Å². The van der Waals surface area contributed by atoms with Crippen LogP contribution in [0.25, 0.3) is 0 Å². The summed E-state index contributed by atoms with van der Waals surface area (Å²) in [7, 11) is 0. The van der Waals surface area contributed by atoms with Crippen LogP contribution in [-0.2, 0) is 0 Å². The first-order valence-electron chi connectivity index (χ1n) is 3.61. The number of hydrogen-bond donors (Lipinski definition) is 0. The fourth-order valence-electron chi connectivity index (χ4n) is 0.828. The van der Waals surface area contributed by atoms with Crippen LogP contribution in [-0.4, -0.2) is 0 Å². The summed E-state index contributed by atoms with van der Waals surface area (Å²) in [6.07, 6.45) is 0. The molecule has 1 rings (SSSR count). The Bertz CT molecular complexity index is 248. The van der Waals surface area contributed by atoms with E-state index < -0.39 is 0 Å². The van der Waals surface area contributed by atoms with E-state index in [1.165, 1.54) is 8.66 Å². The monoisotopic (exact) mass is 374 g/mol. The molecule has 0 aliphatic heterocycles. The van der Waals surface area contributed by atoms with E-state index >= 15 is 0 Å². The molecule has 0 bridgehead atoms. The normalized spacial score (nSPS) is 13.8. The third kappa shape index (κ3) is 2.56. The largest absolute Gasteiger partial charge is 0.131 e. The topological polar surface area (TPSA) is 0 Å². The zero-order valence-electron chi connectivity index (χ0n) is 6.77. The van der Waals surface area contributed by atoms with Gasteiger partial charge in [0.2, 0.25) is 0 Å². The lowest BCUT2D eigenvalue weighted by Crippen LogP contribution is -1.95. The molecule has 0 fully saturated rings. The quantitative estimate of drug-likeness (QED) is 0.609. The second-order valence-electron chi connectivity index (χ2n) is 2.92. The summed E-state index contributed by atoms with van der Waals surface area (Å²) in [5.74, 6) is 0.627. The summed E-state index contributed by atoms with van der Waals surface area (Å²) >= 11 is 12.4. The number of alkyl halides is 1. The van der Waals surface area contributed by atoms with E-state index in [0.29, 0.717) is 10.7 Å². The van der Waals surface area contributed by atoms with Crippen molar-refractivity contribution >= 4 is 59.1 Å². The van der Waals surface area contributed by atoms with Crippen molar-refractivity contribution in [2.75, 3.05) is 0 Å². The minimum Gasteiger partial charge on any atom is -0.131 e. The third-order valence-corrected chi connectivity index (χ3v) is 6.71. The van der Waals surface area contributed by atoms with Gasteiger partial charge in [0.1, 0.15) is 0 Å². The van der Waals surface area contributed by atoms with E-state index in [1.54, 1.807) is 11.3 Å². The van der Waals surface area contributed by atoms with Crippen molar-refractivity contribution in [2.24, 2.45) is 5.92 Å². The van der Waals surface area contributed by atoms with E-state index in [-0.39, 0.29) is 0 Å². The highest BCUT2D eigenvalue weighted by atomic mass is 79.9. The molecule has 0 radical (unpaired) electrons. The van der Waals surface area contributed by atoms with Gasteiger partial charge in [0, 0.05) is 9.35 Å². The molecule has 0 spiro atoms. The van der Waals surface area contributed by atoms with Gasteiger partial charge in [-0.25, -0.2) is 0 Å². The Morgan fingerprint density at radius 3 is 2.25 bits per heavy atom. The van der Waals surface area contributed by atoms with Gasteiger partial charge in [0.15, 0.2) is 0 Å². The Morgan fingerprint density at radius 1 is 1.33 bits per heavy atom. The number of thiophene rings is 1. The second kappa shape index (κ2) is 4.58. The van der Waals surface area contributed by atoms with Crippen LogP contribution in [0.4, 0.5) is 0 Å². The molecule has 0 saturated heterocycles. The third-order valence-electron chi connectivity index (χ3n) is 1.52. The number of hydrogen-bond acceptors (Lipinski definition) is 1. The standard InChI is InChI=1S/C8H9Br3S/c1-4(2)7(10)6-3-5(9)8(11)12-6/h3-4,7H,1-2H3. The van der Waals surface area contributed by atoms with Crippen LogP contribution in [0.3, 0.4) is 0 Å². The van der Waals surface area contributed by atoms with Gasteiger partial charge < -0.3 is 0 Å². The molecule has 0 nitrogen and oxygen atoms in total. The molecule has 0 aliphatic carbocycles. The lowest BCUT2D eigenvalue weighted by atomic mass is 10.1. The molecule has 1 aromatic heterocycles. The molecular weight excluding hydrogens is 368 g/mol. The van der Waals surface area contributed by atoms with Crippen molar-refractivity contribution in [3.05, 3.63) is 19.2 Å². The number of halogens is 3. The molecule has 68 valence electrons. The van der Waals surface area contributed by atoms with E-state index in [4.69, 9.17) is 0 Å². The Labute approximate surface area is 102 Å². The maximum atomic E-state index is 3.67. The van der Waals surface area contributed by atoms with Crippen LogP contribution >= 0.6 is 59.1 Å². The first-order chi connectivity index (χ1) is 5.52. The van der Waals surface area contributed by atoms with Crippen molar-refractivity contribution in [3.8, 4) is 0 Å². The maximum absolute atomic E-state index is 3.67. The van der Waals surface area contributed by atoms with Gasteiger partial charge in [-0.2, -0.15) is 0 Å². The second-order valence-corrected chi connectivity index (χ2v) is 7.16. The molecule has 1 atom stereocenters. The molecular formula is C8H9Br3S. The van der Waals surface area contributed by atoms with Gasteiger partial charge in [-0.3, -0.25) is 0 Å². The van der Waals surface area contributed by atoms with Crippen LogP contribution in [0, 0.1) is 5.92 Å². The molecule has 1 aromatic rings. The van der Waals surface area contributed by atoms with Gasteiger partial charge >= 0.3 is 0 Å². The average molecular weight is 377 g/mol. The molecule has 0 N–H and O–H groups in total. The van der Waals surface area contributed by atoms with Crippen molar-refractivity contribution < 1.29 is 0 Å². The summed E-state index contributed by atoms with van der Waals surface area (Å²) in [5.41, 5.74) is 0. The predicted molar refractivity (Wildman–Crippen MR) is 66.2 cm³/mol. The summed E-state index contributed by atoms with van der Waals surface area (Å²) in [5, 5.41) is 0. The molecule has 1 unspecified atom stereocenters. The lowest BCUT2D eigenvalue weighted by molar-refractivity contribution is 0.648. The Kier molecular flexibility index (Phi) is 4.28. The van der Waals surface area contributed by atoms with Gasteiger partial charge in [-0.1, -0.05) is 29.8 Å². The molecule has 0 saturated carbocycles. The minimum atomic E-state index is 0.463. The molecule has 0 aliphatic rings. The molecule has 4 heteroatoms. The Balaban J connectivity index is 2.89. The molecule has 0 amide bonds. The zero-order chi connectivity index (χ0) is 9.30. The predicted octanol–water partition coefficient (Wildman–Crippen LogP) is 5.37. The van der Waals surface area contributed by atoms with E-state index in [1.807, 2.05) is 0 Å². The van der Waals surface area contributed by atoms with E-state index in [2.05, 4.69) is 67.7 Å². The smallest absolute Gasteiger partial charge is 0.0843 e. The molecule has 0 aromatic carbocycles. The van der Waals surface area contributed by atoms with E-state index in [0.717, 1.165) is 4.47 Å². The first-order valence-corrected chi connectivity index (χ1v) is 6.93. The summed E-state index contributed by atoms with van der Waals surface area (Å²) in [4.78, 5) is 1.83. The maximum Gasteiger partial charge on any atom is 0.0843 e. The van der Waals surface area contributed by atoms with Gasteiger partial charge in [-0.05, 0) is 43.8 Å². The van der Waals surface area contributed by atoms with Gasteiger partial charge in [-0.15, -0.1) is 11.3 Å². The Morgan fingerprint density at radius 2 is 1.92 bits per heavy atom. The highest BCUT2D eigenvalue weighted by Gasteiger charge is 2.15. The van der Waals surface area contributed by atoms with Crippen LogP contribution < -0.4 is 0 Å². The van der Waals surface area contributed by atoms with Crippen molar-refractivity contribution in [2.45, 2.75) is 18.7 Å². The van der Waals surface area contributed by atoms with Crippen molar-refractivity contribution in [1.82, 2.24) is 0 Å². The highest BCUT2D eigenvalue weighted by molar-refractivity contribution is 9.13. The fraction of sp³-hybridized carbons (Fsp3) is 0.500. The van der Waals surface area contributed by atoms with Gasteiger partial charge in [0.05, 0.1) is 8.61 Å². The average Bonchev–Trinajstić information content (AvgIpc) is 2.30. The summed E-state index contributed by atoms with van der Waals surface area (Å²) in [6, 6.07) is 2.16. The van der Waals surface area contributed by atoms with Crippen LogP contribution in [0.15, 0.2) is 14.3 Å². The van der Waals surface area contributed by atoms with E-state index in [9.17, 15) is 0 Å². The lowest BCUT2D eigenvalue weighted by Gasteiger charge is -2.10.